The first-order chi connectivity index (χ1) is 14.4. The Morgan fingerprint density at radius 2 is 1.60 bits per heavy atom. The van der Waals surface area contributed by atoms with Crippen LogP contribution in [0.4, 0.5) is 0 Å². The minimum atomic E-state index is -0.185. The van der Waals surface area contributed by atoms with E-state index < -0.39 is 0 Å². The molecule has 164 valence electrons. The molecule has 1 aliphatic heterocycles. The first kappa shape index (κ1) is 21.9. The molecule has 0 bridgehead atoms. The number of hydrogen-bond donors (Lipinski definition) is 0. The Morgan fingerprint density at radius 1 is 1.00 bits per heavy atom. The number of benzene rings is 1. The van der Waals surface area contributed by atoms with Crippen LogP contribution in [0.3, 0.4) is 0 Å². The van der Waals surface area contributed by atoms with Crippen LogP contribution in [0.5, 0.6) is 17.2 Å². The molecule has 2 fully saturated rings. The lowest BCUT2D eigenvalue weighted by molar-refractivity contribution is -0.140. The molecule has 1 saturated heterocycles. The lowest BCUT2D eigenvalue weighted by Gasteiger charge is -2.22. The molecular weight excluding hydrogens is 388 g/mol. The maximum atomic E-state index is 12.7. The second kappa shape index (κ2) is 9.36. The smallest absolute Gasteiger partial charge is 0.233 e. The number of imide groups is 1. The number of methoxy groups -OCH3 is 3. The highest BCUT2D eigenvalue weighted by Crippen LogP contribution is 2.40. The Kier molecular flexibility index (Phi) is 6.84. The van der Waals surface area contributed by atoms with Crippen LogP contribution in [-0.2, 0) is 20.9 Å². The second-order valence-electron chi connectivity index (χ2n) is 7.82. The summed E-state index contributed by atoms with van der Waals surface area (Å²) in [6, 6.07) is 3.58. The minimum absolute atomic E-state index is 0.100. The minimum Gasteiger partial charge on any atom is -0.493 e. The van der Waals surface area contributed by atoms with Crippen molar-refractivity contribution in [2.45, 2.75) is 38.6 Å². The molecule has 8 heteroatoms. The molecule has 0 N–H and O–H groups in total. The largest absolute Gasteiger partial charge is 0.493 e. The summed E-state index contributed by atoms with van der Waals surface area (Å²) in [5.41, 5.74) is 0.769. The molecule has 2 atom stereocenters. The molecule has 1 heterocycles. The van der Waals surface area contributed by atoms with Gasteiger partial charge in [-0.1, -0.05) is 12.8 Å². The van der Waals surface area contributed by atoms with Crippen LogP contribution in [0.15, 0.2) is 12.1 Å². The normalized spacial score (nSPS) is 20.7. The van der Waals surface area contributed by atoms with Crippen molar-refractivity contribution in [2.75, 3.05) is 34.9 Å². The predicted octanol–water partition coefficient (Wildman–Crippen LogP) is 2.24. The number of fused-ring (bicyclic) bond motifs is 1. The van der Waals surface area contributed by atoms with Crippen LogP contribution in [0, 0.1) is 11.8 Å². The molecule has 1 aliphatic carbocycles. The zero-order chi connectivity index (χ0) is 21.8. The van der Waals surface area contributed by atoms with Gasteiger partial charge in [0.25, 0.3) is 0 Å². The van der Waals surface area contributed by atoms with Crippen molar-refractivity contribution >= 4 is 17.7 Å². The van der Waals surface area contributed by atoms with Crippen LogP contribution < -0.4 is 14.2 Å². The topological polar surface area (TPSA) is 85.4 Å². The monoisotopic (exact) mass is 418 g/mol. The van der Waals surface area contributed by atoms with Gasteiger partial charge in [-0.3, -0.25) is 19.3 Å². The number of hydrogen-bond acceptors (Lipinski definition) is 6. The van der Waals surface area contributed by atoms with Gasteiger partial charge in [0.15, 0.2) is 11.5 Å². The van der Waals surface area contributed by atoms with Crippen molar-refractivity contribution in [2.24, 2.45) is 11.8 Å². The first-order valence-corrected chi connectivity index (χ1v) is 10.3. The summed E-state index contributed by atoms with van der Waals surface area (Å²) in [6.45, 7) is 0.437. The third-order valence-corrected chi connectivity index (χ3v) is 6.10. The Hall–Kier alpha value is -2.77. The van der Waals surface area contributed by atoms with Gasteiger partial charge in [-0.2, -0.15) is 0 Å². The van der Waals surface area contributed by atoms with Crippen LogP contribution in [0.2, 0.25) is 0 Å². The van der Waals surface area contributed by atoms with E-state index >= 15 is 0 Å². The number of carbonyl (C=O) groups excluding carboxylic acids is 3. The van der Waals surface area contributed by atoms with Crippen molar-refractivity contribution in [1.82, 2.24) is 9.80 Å². The van der Waals surface area contributed by atoms with Crippen molar-refractivity contribution in [3.63, 3.8) is 0 Å². The maximum absolute atomic E-state index is 12.7. The Bertz CT molecular complexity index is 800. The molecule has 3 rings (SSSR count). The van der Waals surface area contributed by atoms with Crippen LogP contribution in [0.1, 0.15) is 37.7 Å². The fourth-order valence-electron chi connectivity index (χ4n) is 4.48. The molecular formula is C22H30N2O6. The van der Waals surface area contributed by atoms with Crippen LogP contribution in [-0.4, -0.2) is 62.4 Å². The summed E-state index contributed by atoms with van der Waals surface area (Å²) >= 11 is 0. The number of nitrogens with zero attached hydrogens (tertiary/aromatic N) is 2. The lowest BCUT2D eigenvalue weighted by Crippen LogP contribution is -2.36. The number of rotatable bonds is 8. The van der Waals surface area contributed by atoms with Gasteiger partial charge in [0.2, 0.25) is 23.5 Å². The van der Waals surface area contributed by atoms with Crippen molar-refractivity contribution in [1.29, 1.82) is 0 Å². The van der Waals surface area contributed by atoms with E-state index in [0.29, 0.717) is 23.8 Å². The van der Waals surface area contributed by atoms with Gasteiger partial charge in [-0.25, -0.2) is 0 Å². The van der Waals surface area contributed by atoms with Gasteiger partial charge >= 0.3 is 0 Å². The van der Waals surface area contributed by atoms with E-state index in [0.717, 1.165) is 31.2 Å². The van der Waals surface area contributed by atoms with E-state index in [1.54, 1.807) is 25.1 Å². The molecule has 1 saturated carbocycles. The molecule has 1 aromatic carbocycles. The van der Waals surface area contributed by atoms with Gasteiger partial charge in [0, 0.05) is 32.1 Å². The van der Waals surface area contributed by atoms with E-state index in [9.17, 15) is 14.4 Å². The zero-order valence-electron chi connectivity index (χ0n) is 18.1. The molecule has 0 aromatic heterocycles. The highest BCUT2D eigenvalue weighted by molar-refractivity contribution is 6.05. The lowest BCUT2D eigenvalue weighted by atomic mass is 9.81. The average molecular weight is 418 g/mol. The molecule has 0 spiro atoms. The number of carbonyl (C=O) groups is 3. The first-order valence-electron chi connectivity index (χ1n) is 10.3. The van der Waals surface area contributed by atoms with Crippen molar-refractivity contribution < 1.29 is 28.6 Å². The van der Waals surface area contributed by atoms with Gasteiger partial charge < -0.3 is 19.1 Å². The van der Waals surface area contributed by atoms with Crippen molar-refractivity contribution in [3.8, 4) is 17.2 Å². The van der Waals surface area contributed by atoms with Gasteiger partial charge in [-0.05, 0) is 25.0 Å². The van der Waals surface area contributed by atoms with Crippen LogP contribution >= 0.6 is 0 Å². The number of ether oxygens (including phenoxy) is 3. The number of amides is 3. The number of likely N-dealkylation sites (tertiary alicyclic amines) is 1. The zero-order valence-corrected chi connectivity index (χ0v) is 18.1. The van der Waals surface area contributed by atoms with E-state index in [1.165, 1.54) is 19.1 Å². The molecule has 2 aliphatic rings. The summed E-state index contributed by atoms with van der Waals surface area (Å²) in [5.74, 6) is 0.773. The quantitative estimate of drug-likeness (QED) is 0.602. The van der Waals surface area contributed by atoms with Gasteiger partial charge in [-0.15, -0.1) is 0 Å². The standard InChI is InChI=1S/C22H30N2O6/c1-23(13-14-9-10-17(28-2)20(30-4)19(14)29-3)18(25)11-12-24-21(26)15-7-5-6-8-16(15)22(24)27/h9-10,15-16H,5-8,11-13H2,1-4H3. The second-order valence-corrected chi connectivity index (χ2v) is 7.82. The summed E-state index contributed by atoms with van der Waals surface area (Å²) in [6.07, 6.45) is 3.63. The third kappa shape index (κ3) is 4.08. The molecule has 1 aromatic rings. The fraction of sp³-hybridized carbons (Fsp3) is 0.591. The molecule has 3 amide bonds. The van der Waals surface area contributed by atoms with Crippen molar-refractivity contribution in [3.05, 3.63) is 17.7 Å². The van der Waals surface area contributed by atoms with E-state index in [1.807, 2.05) is 6.07 Å². The summed E-state index contributed by atoms with van der Waals surface area (Å²) < 4.78 is 16.2. The third-order valence-electron chi connectivity index (χ3n) is 6.10. The summed E-state index contributed by atoms with van der Waals surface area (Å²) in [5, 5.41) is 0. The predicted molar refractivity (Wildman–Crippen MR) is 109 cm³/mol. The van der Waals surface area contributed by atoms with Gasteiger partial charge in [0.05, 0.1) is 33.2 Å². The van der Waals surface area contributed by atoms with Gasteiger partial charge in [0.1, 0.15) is 0 Å². The van der Waals surface area contributed by atoms with E-state index in [4.69, 9.17) is 14.2 Å². The molecule has 8 nitrogen and oxygen atoms in total. The Labute approximate surface area is 177 Å². The summed E-state index contributed by atoms with van der Waals surface area (Å²) in [7, 11) is 6.29. The van der Waals surface area contributed by atoms with Crippen LogP contribution in [0.25, 0.3) is 0 Å². The molecule has 0 radical (unpaired) electrons. The average Bonchev–Trinajstić information content (AvgIpc) is 3.01. The summed E-state index contributed by atoms with van der Waals surface area (Å²) in [4.78, 5) is 40.7. The highest BCUT2D eigenvalue weighted by atomic mass is 16.5. The van der Waals surface area contributed by atoms with E-state index in [2.05, 4.69) is 0 Å². The fourth-order valence-corrected chi connectivity index (χ4v) is 4.48. The SMILES string of the molecule is COc1ccc(CN(C)C(=O)CCN2C(=O)C3CCCCC3C2=O)c(OC)c1OC. The van der Waals surface area contributed by atoms with E-state index in [-0.39, 0.29) is 42.5 Å². The Balaban J connectivity index is 1.63. The maximum Gasteiger partial charge on any atom is 0.233 e. The molecule has 2 unspecified atom stereocenters. The molecule has 30 heavy (non-hydrogen) atoms. The highest BCUT2D eigenvalue weighted by Gasteiger charge is 2.47. The Morgan fingerprint density at radius 3 is 2.13 bits per heavy atom.